The lowest BCUT2D eigenvalue weighted by molar-refractivity contribution is -0.0366. The Hall–Kier alpha value is -5.63. The summed E-state index contributed by atoms with van der Waals surface area (Å²) in [6, 6.07) is 10.9. The van der Waals surface area contributed by atoms with E-state index >= 15 is 0 Å². The highest BCUT2D eigenvalue weighted by atomic mass is 35.5. The van der Waals surface area contributed by atoms with E-state index in [-0.39, 0.29) is 51.0 Å². The van der Waals surface area contributed by atoms with Crippen molar-refractivity contribution in [2.75, 3.05) is 10.6 Å². The fourth-order valence-electron chi connectivity index (χ4n) is 6.99. The van der Waals surface area contributed by atoms with Crippen LogP contribution in [0.15, 0.2) is 49.1 Å². The molecule has 2 aliphatic rings. The van der Waals surface area contributed by atoms with Crippen molar-refractivity contribution in [2.45, 2.75) is 116 Å². The Morgan fingerprint density at radius 1 is 0.689 bits per heavy atom. The standard InChI is InChI=1S/C20H25F2N7O.C16H19ClF2N4.C4H7N3O/c1-13-8-14(2)29(27-13)18-10-16(30-11-19-23-12-24-28(19)3)9-17(26-18)25-15-4-6-20(21,22)7-5-15;1-10-7-11(2)23(22-10)15-9-12(17)8-14(21-15)20-13-3-5-16(18,19)6-4-13;1-7-4(2-8)5-3-6-7/h8-10,12,15H,4-7,11H2,1-3H3,(H,25,26);7-9,13H,3-6H2,1-2H3,(H,20,21);3,8H,2H2,1H3. The zero-order valence-electron chi connectivity index (χ0n) is 35.0. The van der Waals surface area contributed by atoms with Crippen LogP contribution in [0.4, 0.5) is 29.2 Å². The lowest BCUT2D eigenvalue weighted by Crippen LogP contribution is -2.32. The molecule has 328 valence electrons. The molecular weight excluding hydrogens is 820 g/mol. The Morgan fingerprint density at radius 2 is 1.15 bits per heavy atom. The van der Waals surface area contributed by atoms with Crippen LogP contribution in [0.25, 0.3) is 11.6 Å². The van der Waals surface area contributed by atoms with Crippen LogP contribution in [0.3, 0.4) is 0 Å². The molecule has 2 fully saturated rings. The monoisotopic (exact) mass is 870 g/mol. The molecule has 0 saturated heterocycles. The molecule has 0 atom stereocenters. The maximum absolute atomic E-state index is 13.5. The summed E-state index contributed by atoms with van der Waals surface area (Å²) in [5.41, 5.74) is 3.67. The maximum Gasteiger partial charge on any atom is 0.248 e. The number of aromatic nitrogens is 12. The minimum absolute atomic E-state index is 0.00565. The summed E-state index contributed by atoms with van der Waals surface area (Å²) in [6.45, 7) is 7.92. The molecule has 16 nitrogen and oxygen atoms in total. The number of halogens is 5. The number of aliphatic hydroxyl groups excluding tert-OH is 1. The van der Waals surface area contributed by atoms with Crippen molar-refractivity contribution in [3.63, 3.8) is 0 Å². The van der Waals surface area contributed by atoms with Gasteiger partial charge in [-0.15, -0.1) is 0 Å². The zero-order valence-corrected chi connectivity index (χ0v) is 35.7. The Morgan fingerprint density at radius 3 is 1.56 bits per heavy atom. The summed E-state index contributed by atoms with van der Waals surface area (Å²) in [7, 11) is 3.53. The molecular formula is C40H51ClF4N14O2. The van der Waals surface area contributed by atoms with Gasteiger partial charge >= 0.3 is 0 Å². The van der Waals surface area contributed by atoms with Gasteiger partial charge in [-0.2, -0.15) is 20.4 Å². The van der Waals surface area contributed by atoms with Crippen LogP contribution in [0.5, 0.6) is 5.75 Å². The van der Waals surface area contributed by atoms with E-state index in [1.54, 1.807) is 52.4 Å². The molecule has 2 saturated carbocycles. The maximum atomic E-state index is 13.5. The van der Waals surface area contributed by atoms with Gasteiger partial charge < -0.3 is 20.5 Å². The Labute approximate surface area is 355 Å². The highest BCUT2D eigenvalue weighted by molar-refractivity contribution is 6.31. The van der Waals surface area contributed by atoms with Crippen molar-refractivity contribution in [3.8, 4) is 17.4 Å². The molecule has 0 amide bonds. The second-order valence-corrected chi connectivity index (χ2v) is 15.8. The van der Waals surface area contributed by atoms with Gasteiger partial charge in [0.15, 0.2) is 23.3 Å². The predicted molar refractivity (Wildman–Crippen MR) is 221 cm³/mol. The number of alkyl halides is 4. The number of nitrogens with one attached hydrogen (secondary N) is 2. The summed E-state index contributed by atoms with van der Waals surface area (Å²) in [6.07, 6.45) is 4.12. The second kappa shape index (κ2) is 19.4. The first-order valence-electron chi connectivity index (χ1n) is 19.9. The van der Waals surface area contributed by atoms with E-state index in [1.807, 2.05) is 39.8 Å². The Kier molecular flexibility index (Phi) is 14.3. The first kappa shape index (κ1) is 44.9. The van der Waals surface area contributed by atoms with Gasteiger partial charge in [-0.05, 0) is 71.6 Å². The van der Waals surface area contributed by atoms with Gasteiger partial charge in [0.2, 0.25) is 11.8 Å². The van der Waals surface area contributed by atoms with Crippen LogP contribution in [0.1, 0.15) is 85.8 Å². The fraction of sp³-hybridized carbons (Fsp3) is 0.500. The Bertz CT molecular complexity index is 2360. The SMILES string of the molecule is Cc1cc(C)n(-c2cc(Cl)cc(NC3CCC(F)(F)CC3)n2)n1.Cc1cc(C)n(-c2cc(OCc3ncnn3C)cc(NC3CCC(F)(F)CC3)n2)n1.Cn1ncnc1CO. The van der Waals surface area contributed by atoms with Gasteiger partial charge in [0, 0.05) is 86.5 Å². The molecule has 0 bridgehead atoms. The summed E-state index contributed by atoms with van der Waals surface area (Å²) in [5.74, 6) is -0.867. The minimum atomic E-state index is -2.57. The van der Waals surface area contributed by atoms with Gasteiger partial charge in [0.1, 0.15) is 43.3 Å². The van der Waals surface area contributed by atoms with Crippen molar-refractivity contribution < 1.29 is 27.4 Å². The molecule has 0 unspecified atom stereocenters. The number of rotatable bonds is 10. The van der Waals surface area contributed by atoms with Gasteiger partial charge in [-0.1, -0.05) is 11.6 Å². The van der Waals surface area contributed by atoms with E-state index in [4.69, 9.17) is 21.4 Å². The molecule has 6 aromatic rings. The summed E-state index contributed by atoms with van der Waals surface area (Å²) in [4.78, 5) is 17.1. The van der Waals surface area contributed by atoms with Crippen molar-refractivity contribution in [1.29, 1.82) is 0 Å². The molecule has 0 radical (unpaired) electrons. The number of pyridine rings is 2. The van der Waals surface area contributed by atoms with Gasteiger partial charge in [-0.25, -0.2) is 46.9 Å². The highest BCUT2D eigenvalue weighted by Gasteiger charge is 2.36. The van der Waals surface area contributed by atoms with Gasteiger partial charge in [0.05, 0.1) is 11.4 Å². The van der Waals surface area contributed by atoms with E-state index in [9.17, 15) is 17.6 Å². The number of aryl methyl sites for hydroxylation is 6. The van der Waals surface area contributed by atoms with E-state index < -0.39 is 11.8 Å². The van der Waals surface area contributed by atoms with Crippen LogP contribution >= 0.6 is 11.6 Å². The van der Waals surface area contributed by atoms with Gasteiger partial charge in [-0.3, -0.25) is 9.36 Å². The third kappa shape index (κ3) is 12.5. The van der Waals surface area contributed by atoms with Crippen molar-refractivity contribution >= 4 is 23.2 Å². The van der Waals surface area contributed by atoms with Crippen molar-refractivity contribution in [2.24, 2.45) is 14.1 Å². The summed E-state index contributed by atoms with van der Waals surface area (Å²) < 4.78 is 66.0. The third-order valence-electron chi connectivity index (χ3n) is 10.3. The third-order valence-corrected chi connectivity index (χ3v) is 10.5. The van der Waals surface area contributed by atoms with Crippen molar-refractivity contribution in [1.82, 2.24) is 59.1 Å². The first-order valence-corrected chi connectivity index (χ1v) is 20.3. The molecule has 6 aromatic heterocycles. The molecule has 0 spiro atoms. The second-order valence-electron chi connectivity index (χ2n) is 15.3. The molecule has 3 N–H and O–H groups in total. The lowest BCUT2D eigenvalue weighted by Gasteiger charge is -2.29. The smallest absolute Gasteiger partial charge is 0.248 e. The topological polar surface area (TPSA) is 176 Å². The fourth-order valence-corrected chi connectivity index (χ4v) is 7.20. The van der Waals surface area contributed by atoms with Crippen LogP contribution in [-0.4, -0.2) is 88.1 Å². The molecule has 61 heavy (non-hydrogen) atoms. The predicted octanol–water partition coefficient (Wildman–Crippen LogP) is 7.42. The first-order chi connectivity index (χ1) is 29.0. The molecule has 6 heterocycles. The number of anilines is 2. The number of hydrogen-bond acceptors (Lipinski definition) is 12. The Balaban J connectivity index is 0.000000177. The van der Waals surface area contributed by atoms with E-state index in [0.29, 0.717) is 71.4 Å². The normalized spacial score (nSPS) is 16.3. The molecule has 0 aromatic carbocycles. The van der Waals surface area contributed by atoms with Crippen LogP contribution < -0.4 is 15.4 Å². The van der Waals surface area contributed by atoms with Crippen LogP contribution in [-0.2, 0) is 27.3 Å². The number of hydrogen-bond donors (Lipinski definition) is 3. The molecule has 2 aliphatic carbocycles. The summed E-state index contributed by atoms with van der Waals surface area (Å²) in [5, 5.41) is 32.2. The average Bonchev–Trinajstić information content (AvgIpc) is 3.99. The van der Waals surface area contributed by atoms with Crippen LogP contribution in [0, 0.1) is 27.7 Å². The van der Waals surface area contributed by atoms with E-state index in [0.717, 1.165) is 22.8 Å². The van der Waals surface area contributed by atoms with Gasteiger partial charge in [0.25, 0.3) is 0 Å². The quantitative estimate of drug-likeness (QED) is 0.116. The highest BCUT2D eigenvalue weighted by Crippen LogP contribution is 2.36. The number of nitrogens with zero attached hydrogens (tertiary/aromatic N) is 12. The minimum Gasteiger partial charge on any atom is -0.485 e. The van der Waals surface area contributed by atoms with Crippen LogP contribution in [0.2, 0.25) is 5.02 Å². The molecule has 8 rings (SSSR count). The van der Waals surface area contributed by atoms with E-state index in [1.165, 1.54) is 17.3 Å². The van der Waals surface area contributed by atoms with E-state index in [2.05, 4.69) is 51.0 Å². The summed E-state index contributed by atoms with van der Waals surface area (Å²) >= 11 is 6.18. The number of aliphatic hydroxyl groups is 1. The molecule has 21 heteroatoms. The van der Waals surface area contributed by atoms with Crippen molar-refractivity contribution in [3.05, 3.63) is 88.5 Å². The largest absolute Gasteiger partial charge is 0.485 e. The zero-order chi connectivity index (χ0) is 43.9. The number of ether oxygens (including phenoxy) is 1. The molecule has 0 aliphatic heterocycles. The average molecular weight is 871 g/mol. The lowest BCUT2D eigenvalue weighted by atomic mass is 9.92.